The molecule has 1 aromatic rings. The van der Waals surface area contributed by atoms with Gasteiger partial charge in [0.1, 0.15) is 5.82 Å². The molecule has 112 valence electrons. The highest BCUT2D eigenvalue weighted by Crippen LogP contribution is 2.38. The molecule has 0 aromatic heterocycles. The average molecular weight is 350 g/mol. The number of halogens is 4. The van der Waals surface area contributed by atoms with E-state index in [1.165, 1.54) is 6.07 Å². The quantitative estimate of drug-likeness (QED) is 0.841. The molecule has 1 fully saturated rings. The minimum Gasteiger partial charge on any atom is -0.316 e. The van der Waals surface area contributed by atoms with Crippen molar-refractivity contribution in [2.75, 3.05) is 7.05 Å². The fourth-order valence-electron chi connectivity index (χ4n) is 2.91. The van der Waals surface area contributed by atoms with Crippen LogP contribution in [0.5, 0.6) is 0 Å². The number of hydrogen-bond acceptors (Lipinski definition) is 1. The minimum atomic E-state index is -2.51. The van der Waals surface area contributed by atoms with Crippen molar-refractivity contribution in [3.05, 3.63) is 34.1 Å². The summed E-state index contributed by atoms with van der Waals surface area (Å²) in [7, 11) is 1.84. The molecule has 0 bridgehead atoms. The number of likely N-dealkylation sites (N-methyl/N-ethyl adjacent to an activating group) is 1. The summed E-state index contributed by atoms with van der Waals surface area (Å²) in [5.74, 6) is -2.57. The number of benzene rings is 1. The van der Waals surface area contributed by atoms with E-state index in [0.717, 1.165) is 5.56 Å². The third kappa shape index (κ3) is 3.76. The SMILES string of the molecule is CNC(Cc1cccc(F)c1Br)C1CCC(F)(F)CC1. The molecule has 1 saturated carbocycles. The standard InChI is InChI=1S/C15H19BrF3N/c1-20-13(10-5-7-15(18,19)8-6-10)9-11-3-2-4-12(17)14(11)16/h2-4,10,13,20H,5-9H2,1H3. The van der Waals surface area contributed by atoms with E-state index >= 15 is 0 Å². The van der Waals surface area contributed by atoms with Crippen LogP contribution in [0.4, 0.5) is 13.2 Å². The van der Waals surface area contributed by atoms with Gasteiger partial charge in [-0.1, -0.05) is 12.1 Å². The summed E-state index contributed by atoms with van der Waals surface area (Å²) in [5.41, 5.74) is 0.877. The molecular formula is C15H19BrF3N. The van der Waals surface area contributed by atoms with Gasteiger partial charge in [-0.25, -0.2) is 13.2 Å². The lowest BCUT2D eigenvalue weighted by molar-refractivity contribution is -0.0492. The summed E-state index contributed by atoms with van der Waals surface area (Å²) < 4.78 is 40.4. The van der Waals surface area contributed by atoms with Crippen LogP contribution in [0.2, 0.25) is 0 Å². The second-order valence-electron chi connectivity index (χ2n) is 5.51. The van der Waals surface area contributed by atoms with Gasteiger partial charge in [0.2, 0.25) is 5.92 Å². The van der Waals surface area contributed by atoms with Crippen LogP contribution < -0.4 is 5.32 Å². The first-order valence-corrected chi connectivity index (χ1v) is 7.70. The Balaban J connectivity index is 2.04. The zero-order valence-electron chi connectivity index (χ0n) is 11.4. The molecule has 0 aliphatic heterocycles. The van der Waals surface area contributed by atoms with E-state index in [1.807, 2.05) is 13.1 Å². The Morgan fingerprint density at radius 2 is 2.00 bits per heavy atom. The zero-order valence-corrected chi connectivity index (χ0v) is 13.0. The Morgan fingerprint density at radius 1 is 1.35 bits per heavy atom. The molecule has 1 aliphatic carbocycles. The normalized spacial score (nSPS) is 20.9. The number of nitrogens with one attached hydrogen (secondary N) is 1. The maximum absolute atomic E-state index is 13.5. The molecule has 0 radical (unpaired) electrons. The highest BCUT2D eigenvalue weighted by Gasteiger charge is 2.37. The van der Waals surface area contributed by atoms with E-state index < -0.39 is 5.92 Å². The van der Waals surface area contributed by atoms with E-state index in [1.54, 1.807) is 6.07 Å². The average Bonchev–Trinajstić information content (AvgIpc) is 2.41. The molecule has 1 N–H and O–H groups in total. The predicted octanol–water partition coefficient (Wildman–Crippen LogP) is 4.54. The molecule has 1 aromatic carbocycles. The van der Waals surface area contributed by atoms with Crippen molar-refractivity contribution >= 4 is 15.9 Å². The molecule has 5 heteroatoms. The van der Waals surface area contributed by atoms with Crippen LogP contribution in [0.25, 0.3) is 0 Å². The van der Waals surface area contributed by atoms with Gasteiger partial charge in [-0.05, 0) is 59.8 Å². The van der Waals surface area contributed by atoms with Gasteiger partial charge in [-0.15, -0.1) is 0 Å². The van der Waals surface area contributed by atoms with Gasteiger partial charge < -0.3 is 5.32 Å². The molecule has 0 heterocycles. The summed E-state index contributed by atoms with van der Waals surface area (Å²) in [6.07, 6.45) is 1.60. The first-order valence-electron chi connectivity index (χ1n) is 6.91. The summed E-state index contributed by atoms with van der Waals surface area (Å²) in [5, 5.41) is 3.21. The van der Waals surface area contributed by atoms with Crippen molar-refractivity contribution in [3.63, 3.8) is 0 Å². The maximum Gasteiger partial charge on any atom is 0.248 e. The maximum atomic E-state index is 13.5. The van der Waals surface area contributed by atoms with Crippen LogP contribution in [0.1, 0.15) is 31.2 Å². The van der Waals surface area contributed by atoms with Gasteiger partial charge in [-0.3, -0.25) is 0 Å². The number of alkyl halides is 2. The lowest BCUT2D eigenvalue weighted by Crippen LogP contribution is -2.39. The van der Waals surface area contributed by atoms with E-state index in [0.29, 0.717) is 23.7 Å². The summed E-state index contributed by atoms with van der Waals surface area (Å²) in [6.45, 7) is 0. The van der Waals surface area contributed by atoms with Crippen LogP contribution in [0.3, 0.4) is 0 Å². The third-order valence-corrected chi connectivity index (χ3v) is 5.06. The predicted molar refractivity (Wildman–Crippen MR) is 77.6 cm³/mol. The first kappa shape index (κ1) is 15.8. The highest BCUT2D eigenvalue weighted by atomic mass is 79.9. The molecule has 2 rings (SSSR count). The molecule has 1 aliphatic rings. The van der Waals surface area contributed by atoms with E-state index in [4.69, 9.17) is 0 Å². The molecule has 1 nitrogen and oxygen atoms in total. The first-order chi connectivity index (χ1) is 9.43. The second kappa shape index (κ2) is 6.48. The molecule has 0 amide bonds. The van der Waals surface area contributed by atoms with E-state index in [2.05, 4.69) is 21.2 Å². The fourth-order valence-corrected chi connectivity index (χ4v) is 3.34. The van der Waals surface area contributed by atoms with Gasteiger partial charge in [0.05, 0.1) is 4.47 Å². The fraction of sp³-hybridized carbons (Fsp3) is 0.600. The smallest absolute Gasteiger partial charge is 0.248 e. The Labute approximate surface area is 126 Å². The Morgan fingerprint density at radius 3 is 2.60 bits per heavy atom. The molecule has 0 saturated heterocycles. The summed E-state index contributed by atoms with van der Waals surface area (Å²) in [4.78, 5) is 0. The van der Waals surface area contributed by atoms with E-state index in [-0.39, 0.29) is 30.6 Å². The van der Waals surface area contributed by atoms with Gasteiger partial charge in [0, 0.05) is 18.9 Å². The largest absolute Gasteiger partial charge is 0.316 e. The minimum absolute atomic E-state index is 0.0415. The van der Waals surface area contributed by atoms with Crippen molar-refractivity contribution in [2.24, 2.45) is 5.92 Å². The van der Waals surface area contributed by atoms with Crippen LogP contribution in [0.15, 0.2) is 22.7 Å². The summed E-state index contributed by atoms with van der Waals surface area (Å²) in [6, 6.07) is 5.05. The molecule has 0 spiro atoms. The van der Waals surface area contributed by atoms with Crippen molar-refractivity contribution < 1.29 is 13.2 Å². The van der Waals surface area contributed by atoms with Crippen LogP contribution >= 0.6 is 15.9 Å². The Kier molecular flexibility index (Phi) is 5.13. The second-order valence-corrected chi connectivity index (χ2v) is 6.30. The zero-order chi connectivity index (χ0) is 14.8. The Bertz CT molecular complexity index is 454. The van der Waals surface area contributed by atoms with Crippen molar-refractivity contribution in [3.8, 4) is 0 Å². The molecule has 1 atom stereocenters. The summed E-state index contributed by atoms with van der Waals surface area (Å²) >= 11 is 3.26. The Hall–Kier alpha value is -0.550. The van der Waals surface area contributed by atoms with Crippen molar-refractivity contribution in [1.29, 1.82) is 0 Å². The van der Waals surface area contributed by atoms with Gasteiger partial charge in [0.25, 0.3) is 0 Å². The monoisotopic (exact) mass is 349 g/mol. The van der Waals surface area contributed by atoms with Crippen molar-refractivity contribution in [2.45, 2.75) is 44.1 Å². The van der Waals surface area contributed by atoms with Gasteiger partial charge in [0.15, 0.2) is 0 Å². The van der Waals surface area contributed by atoms with Crippen LogP contribution in [0, 0.1) is 11.7 Å². The van der Waals surface area contributed by atoms with Crippen LogP contribution in [-0.2, 0) is 6.42 Å². The van der Waals surface area contributed by atoms with Crippen molar-refractivity contribution in [1.82, 2.24) is 5.32 Å². The lowest BCUT2D eigenvalue weighted by Gasteiger charge is -2.34. The lowest BCUT2D eigenvalue weighted by atomic mass is 9.80. The van der Waals surface area contributed by atoms with Gasteiger partial charge in [-0.2, -0.15) is 0 Å². The van der Waals surface area contributed by atoms with Crippen LogP contribution in [-0.4, -0.2) is 19.0 Å². The molecule has 1 unspecified atom stereocenters. The highest BCUT2D eigenvalue weighted by molar-refractivity contribution is 9.10. The molecule has 20 heavy (non-hydrogen) atoms. The number of hydrogen-bond donors (Lipinski definition) is 1. The topological polar surface area (TPSA) is 12.0 Å². The molecular weight excluding hydrogens is 331 g/mol. The van der Waals surface area contributed by atoms with Gasteiger partial charge >= 0.3 is 0 Å². The van der Waals surface area contributed by atoms with E-state index in [9.17, 15) is 13.2 Å². The number of rotatable bonds is 4. The third-order valence-electron chi connectivity index (χ3n) is 4.17.